The van der Waals surface area contributed by atoms with Gasteiger partial charge in [0.2, 0.25) is 0 Å². The van der Waals surface area contributed by atoms with Gasteiger partial charge in [0, 0.05) is 43.3 Å². The number of fused-ring (bicyclic) bond motifs is 6. The van der Waals surface area contributed by atoms with Gasteiger partial charge < -0.3 is 9.13 Å². The molecule has 158 valence electrons. The molecule has 0 radical (unpaired) electrons. The molecule has 7 rings (SSSR count). The lowest BCUT2D eigenvalue weighted by atomic mass is 10.0. The molecule has 1 aliphatic carbocycles. The van der Waals surface area contributed by atoms with Crippen molar-refractivity contribution in [1.29, 1.82) is 0 Å². The van der Waals surface area contributed by atoms with Crippen molar-refractivity contribution in [3.8, 4) is 11.4 Å². The fourth-order valence-corrected chi connectivity index (χ4v) is 5.95. The molecule has 1 aliphatic rings. The van der Waals surface area contributed by atoms with Gasteiger partial charge in [-0.05, 0) is 49.2 Å². The molecule has 0 N–H and O–H groups in total. The molecule has 0 fully saturated rings. The Morgan fingerprint density at radius 1 is 0.606 bits per heavy atom. The van der Waals surface area contributed by atoms with Gasteiger partial charge in [0.05, 0.1) is 16.6 Å². The van der Waals surface area contributed by atoms with E-state index in [1.54, 1.807) is 0 Å². The summed E-state index contributed by atoms with van der Waals surface area (Å²) < 4.78 is 5.92. The Morgan fingerprint density at radius 2 is 1.15 bits per heavy atom. The molecule has 33 heavy (non-hydrogen) atoms. The molecule has 0 bridgehead atoms. The first-order valence-corrected chi connectivity index (χ1v) is 12.2. The number of para-hydroxylation sites is 3. The van der Waals surface area contributed by atoms with Crippen LogP contribution in [0.25, 0.3) is 50.2 Å². The van der Waals surface area contributed by atoms with Gasteiger partial charge in [-0.3, -0.25) is 0 Å². The summed E-state index contributed by atoms with van der Waals surface area (Å²) in [5.41, 5.74) is 8.82. The van der Waals surface area contributed by atoms with Crippen LogP contribution in [-0.4, -0.2) is 9.13 Å². The molecule has 2 aromatic heterocycles. The topological polar surface area (TPSA) is 9.86 Å². The van der Waals surface area contributed by atoms with Gasteiger partial charge in [0.25, 0.3) is 0 Å². The quantitative estimate of drug-likeness (QED) is 0.231. The maximum atomic E-state index is 3.83. The second kappa shape index (κ2) is 7.23. The third-order valence-electron chi connectivity index (χ3n) is 6.81. The minimum Gasteiger partial charge on any atom is -0.313 e. The fourth-order valence-electron chi connectivity index (χ4n) is 5.48. The van der Waals surface area contributed by atoms with Crippen LogP contribution >= 0.6 is 15.9 Å². The van der Waals surface area contributed by atoms with Crippen LogP contribution in [0.15, 0.2) is 102 Å². The largest absolute Gasteiger partial charge is 0.313 e. The van der Waals surface area contributed by atoms with Crippen molar-refractivity contribution in [3.63, 3.8) is 0 Å². The van der Waals surface area contributed by atoms with E-state index in [-0.39, 0.29) is 0 Å². The number of nitrogens with zero attached hydrogens (tertiary/aromatic N) is 2. The molecule has 0 saturated heterocycles. The number of aromatic nitrogens is 2. The second-order valence-corrected chi connectivity index (χ2v) is 9.61. The van der Waals surface area contributed by atoms with E-state index in [0.29, 0.717) is 0 Å². The van der Waals surface area contributed by atoms with E-state index < -0.39 is 0 Å². The maximum absolute atomic E-state index is 3.83. The Hall–Kier alpha value is -3.56. The number of rotatable bonds is 2. The molecule has 2 heterocycles. The minimum absolute atomic E-state index is 1.05. The van der Waals surface area contributed by atoms with Crippen LogP contribution in [0.1, 0.15) is 17.7 Å². The van der Waals surface area contributed by atoms with E-state index in [9.17, 15) is 0 Å². The maximum Gasteiger partial charge on any atom is 0.0541 e. The van der Waals surface area contributed by atoms with Crippen LogP contribution in [-0.2, 0) is 6.42 Å². The summed E-state index contributed by atoms with van der Waals surface area (Å²) >= 11 is 3.83. The molecular formula is C30H21BrN2. The number of hydrogen-bond donors (Lipinski definition) is 0. The summed E-state index contributed by atoms with van der Waals surface area (Å²) in [4.78, 5) is 0. The predicted octanol–water partition coefficient (Wildman–Crippen LogP) is 8.45. The van der Waals surface area contributed by atoms with Crippen LogP contribution in [0, 0.1) is 0 Å². The lowest BCUT2D eigenvalue weighted by molar-refractivity contribution is 0.887. The molecular weight excluding hydrogens is 468 g/mol. The van der Waals surface area contributed by atoms with Crippen molar-refractivity contribution >= 4 is 54.7 Å². The molecule has 3 heteroatoms. The SMILES string of the molecule is Brc1cc(-n2c3c(c4ccccc42)C=CCC3)cc(-n2c3ccccc3c3ccccc32)c1. The van der Waals surface area contributed by atoms with Gasteiger partial charge in [-0.25, -0.2) is 0 Å². The highest BCUT2D eigenvalue weighted by Crippen LogP contribution is 2.37. The van der Waals surface area contributed by atoms with Crippen molar-refractivity contribution in [2.24, 2.45) is 0 Å². The smallest absolute Gasteiger partial charge is 0.0541 e. The zero-order valence-corrected chi connectivity index (χ0v) is 19.6. The van der Waals surface area contributed by atoms with Gasteiger partial charge in [0.1, 0.15) is 0 Å². The zero-order chi connectivity index (χ0) is 21.9. The Labute approximate surface area is 200 Å². The summed E-state index contributed by atoms with van der Waals surface area (Å²) in [6.45, 7) is 0. The Kier molecular flexibility index (Phi) is 4.15. The molecule has 0 saturated carbocycles. The monoisotopic (exact) mass is 488 g/mol. The standard InChI is InChI=1S/C30H21BrN2/c31-20-17-21(32-27-13-5-1-9-23(27)24-10-2-6-14-28(24)32)19-22(18-20)33-29-15-7-3-11-25(29)26-12-4-8-16-30(26)33/h1-7,9-15,17-19H,8,16H2. The van der Waals surface area contributed by atoms with E-state index in [4.69, 9.17) is 0 Å². The van der Waals surface area contributed by atoms with E-state index in [1.807, 2.05) is 0 Å². The number of allylic oxidation sites excluding steroid dienone is 1. The summed E-state index contributed by atoms with van der Waals surface area (Å²) in [5, 5.41) is 3.88. The van der Waals surface area contributed by atoms with Gasteiger partial charge in [0.15, 0.2) is 0 Å². The highest BCUT2D eigenvalue weighted by Gasteiger charge is 2.19. The molecule has 0 unspecified atom stereocenters. The summed E-state index contributed by atoms with van der Waals surface area (Å²) in [5.74, 6) is 0. The minimum atomic E-state index is 1.05. The van der Waals surface area contributed by atoms with Gasteiger partial charge in [-0.1, -0.05) is 82.7 Å². The summed E-state index contributed by atoms with van der Waals surface area (Å²) in [6, 6.07) is 32.9. The predicted molar refractivity (Wildman–Crippen MR) is 143 cm³/mol. The number of benzene rings is 4. The van der Waals surface area contributed by atoms with Crippen molar-refractivity contribution in [1.82, 2.24) is 9.13 Å². The van der Waals surface area contributed by atoms with Crippen LogP contribution in [0.3, 0.4) is 0 Å². The average molecular weight is 489 g/mol. The van der Waals surface area contributed by atoms with E-state index in [0.717, 1.165) is 23.0 Å². The van der Waals surface area contributed by atoms with Crippen molar-refractivity contribution in [3.05, 3.63) is 113 Å². The Bertz CT molecular complexity index is 1680. The van der Waals surface area contributed by atoms with Gasteiger partial charge in [-0.15, -0.1) is 0 Å². The molecule has 0 amide bonds. The van der Waals surface area contributed by atoms with E-state index in [2.05, 4.69) is 128 Å². The van der Waals surface area contributed by atoms with Crippen LogP contribution in [0.5, 0.6) is 0 Å². The molecule has 2 nitrogen and oxygen atoms in total. The molecule has 0 aliphatic heterocycles. The van der Waals surface area contributed by atoms with Crippen molar-refractivity contribution < 1.29 is 0 Å². The molecule has 4 aromatic carbocycles. The lowest BCUT2D eigenvalue weighted by Crippen LogP contribution is -2.04. The lowest BCUT2D eigenvalue weighted by Gasteiger charge is -2.16. The fraction of sp³-hybridized carbons (Fsp3) is 0.0667. The third kappa shape index (κ3) is 2.79. The second-order valence-electron chi connectivity index (χ2n) is 8.69. The Balaban J connectivity index is 1.55. The van der Waals surface area contributed by atoms with Crippen molar-refractivity contribution in [2.75, 3.05) is 0 Å². The zero-order valence-electron chi connectivity index (χ0n) is 18.0. The summed E-state index contributed by atoms with van der Waals surface area (Å²) in [7, 11) is 0. The first kappa shape index (κ1) is 19.0. The Morgan fingerprint density at radius 3 is 1.82 bits per heavy atom. The molecule has 0 spiro atoms. The molecule has 0 atom stereocenters. The van der Waals surface area contributed by atoms with E-state index in [1.165, 1.54) is 49.7 Å². The van der Waals surface area contributed by atoms with Crippen LogP contribution in [0.2, 0.25) is 0 Å². The normalized spacial score (nSPS) is 13.2. The third-order valence-corrected chi connectivity index (χ3v) is 7.27. The number of hydrogen-bond acceptors (Lipinski definition) is 0. The van der Waals surface area contributed by atoms with E-state index >= 15 is 0 Å². The number of halogens is 1. The van der Waals surface area contributed by atoms with Gasteiger partial charge >= 0.3 is 0 Å². The van der Waals surface area contributed by atoms with Crippen molar-refractivity contribution in [2.45, 2.75) is 12.8 Å². The highest BCUT2D eigenvalue weighted by atomic mass is 79.9. The van der Waals surface area contributed by atoms with Crippen LogP contribution < -0.4 is 0 Å². The first-order valence-electron chi connectivity index (χ1n) is 11.4. The average Bonchev–Trinajstić information content (AvgIpc) is 3.37. The van der Waals surface area contributed by atoms with Gasteiger partial charge in [-0.2, -0.15) is 0 Å². The first-order chi connectivity index (χ1) is 16.3. The highest BCUT2D eigenvalue weighted by molar-refractivity contribution is 9.10. The molecule has 6 aromatic rings. The van der Waals surface area contributed by atoms with Crippen LogP contribution in [0.4, 0.5) is 0 Å². The summed E-state index contributed by atoms with van der Waals surface area (Å²) in [6.07, 6.45) is 6.72.